The minimum Gasteiger partial charge on any atom is -0.377 e. The molecule has 0 heterocycles. The Balaban J connectivity index is 1.76. The van der Waals surface area contributed by atoms with E-state index in [4.69, 9.17) is 4.74 Å². The summed E-state index contributed by atoms with van der Waals surface area (Å²) in [4.78, 5) is 0. The highest BCUT2D eigenvalue weighted by Gasteiger charge is 2.36. The largest absolute Gasteiger partial charge is 0.377 e. The number of hydrogen-bond donors (Lipinski definition) is 1. The molecule has 1 N–H and O–H groups in total. The van der Waals surface area contributed by atoms with Crippen molar-refractivity contribution in [2.45, 2.75) is 44.2 Å². The fourth-order valence-corrected chi connectivity index (χ4v) is 2.42. The van der Waals surface area contributed by atoms with Crippen molar-refractivity contribution < 1.29 is 4.74 Å². The number of nitrogens with one attached hydrogen (secondary N) is 1. The second-order valence-electron chi connectivity index (χ2n) is 5.21. The zero-order chi connectivity index (χ0) is 12.1. The molecule has 1 atom stereocenters. The van der Waals surface area contributed by atoms with Crippen LogP contribution in [0.15, 0.2) is 30.3 Å². The van der Waals surface area contributed by atoms with Gasteiger partial charge < -0.3 is 10.1 Å². The van der Waals surface area contributed by atoms with Crippen LogP contribution < -0.4 is 5.32 Å². The number of rotatable bonds is 6. The maximum absolute atomic E-state index is 5.61. The molecule has 2 rings (SSSR count). The van der Waals surface area contributed by atoms with Gasteiger partial charge in [0.2, 0.25) is 0 Å². The van der Waals surface area contributed by atoms with Gasteiger partial charge in [0.05, 0.1) is 5.60 Å². The molecular weight excluding hydrogens is 210 g/mol. The molecule has 1 aromatic rings. The average Bonchev–Trinajstić information content (AvgIpc) is 2.29. The second kappa shape index (κ2) is 5.65. The van der Waals surface area contributed by atoms with E-state index in [9.17, 15) is 0 Å². The van der Waals surface area contributed by atoms with Crippen molar-refractivity contribution in [2.75, 3.05) is 13.7 Å². The molecule has 1 aliphatic rings. The van der Waals surface area contributed by atoms with Gasteiger partial charge in [0, 0.05) is 19.7 Å². The smallest absolute Gasteiger partial charge is 0.0802 e. The first-order valence-electron chi connectivity index (χ1n) is 6.57. The van der Waals surface area contributed by atoms with E-state index in [1.807, 2.05) is 7.11 Å². The summed E-state index contributed by atoms with van der Waals surface area (Å²) < 4.78 is 5.61. The molecule has 1 aliphatic carbocycles. The summed E-state index contributed by atoms with van der Waals surface area (Å²) in [5.74, 6) is 0. The molecule has 0 aromatic heterocycles. The fourth-order valence-electron chi connectivity index (χ4n) is 2.42. The molecule has 2 heteroatoms. The number of hydrogen-bond acceptors (Lipinski definition) is 2. The Morgan fingerprint density at radius 1 is 1.29 bits per heavy atom. The molecule has 0 bridgehead atoms. The van der Waals surface area contributed by atoms with Crippen LogP contribution in [0.3, 0.4) is 0 Å². The van der Waals surface area contributed by atoms with Crippen LogP contribution in [-0.2, 0) is 11.2 Å². The number of ether oxygens (including phenoxy) is 1. The SMILES string of the molecule is COC1(CNC(C)Cc2ccccc2)CCC1. The van der Waals surface area contributed by atoms with Crippen LogP contribution in [0.4, 0.5) is 0 Å². The highest BCUT2D eigenvalue weighted by molar-refractivity contribution is 5.15. The van der Waals surface area contributed by atoms with Gasteiger partial charge in [-0.15, -0.1) is 0 Å². The zero-order valence-electron chi connectivity index (χ0n) is 10.9. The predicted octanol–water partition coefficient (Wildman–Crippen LogP) is 2.78. The van der Waals surface area contributed by atoms with Crippen LogP contribution in [0.5, 0.6) is 0 Å². The minimum absolute atomic E-state index is 0.130. The van der Waals surface area contributed by atoms with E-state index in [0.29, 0.717) is 6.04 Å². The lowest BCUT2D eigenvalue weighted by atomic mass is 9.80. The van der Waals surface area contributed by atoms with Crippen molar-refractivity contribution in [3.05, 3.63) is 35.9 Å². The van der Waals surface area contributed by atoms with E-state index in [-0.39, 0.29) is 5.60 Å². The Labute approximate surface area is 104 Å². The molecular formula is C15H23NO. The van der Waals surface area contributed by atoms with Gasteiger partial charge in [0.1, 0.15) is 0 Å². The highest BCUT2D eigenvalue weighted by Crippen LogP contribution is 2.34. The van der Waals surface area contributed by atoms with Gasteiger partial charge >= 0.3 is 0 Å². The lowest BCUT2D eigenvalue weighted by molar-refractivity contribution is -0.0705. The summed E-state index contributed by atoms with van der Waals surface area (Å²) in [6.45, 7) is 3.23. The van der Waals surface area contributed by atoms with Crippen molar-refractivity contribution in [3.8, 4) is 0 Å². The maximum atomic E-state index is 5.61. The Morgan fingerprint density at radius 2 is 2.00 bits per heavy atom. The molecule has 1 aromatic carbocycles. The van der Waals surface area contributed by atoms with Crippen molar-refractivity contribution >= 4 is 0 Å². The van der Waals surface area contributed by atoms with Gasteiger partial charge in [0.25, 0.3) is 0 Å². The summed E-state index contributed by atoms with van der Waals surface area (Å²) in [5, 5.41) is 3.60. The van der Waals surface area contributed by atoms with E-state index in [0.717, 1.165) is 13.0 Å². The molecule has 0 amide bonds. The summed E-state index contributed by atoms with van der Waals surface area (Å²) in [6, 6.07) is 11.1. The molecule has 0 radical (unpaired) electrons. The van der Waals surface area contributed by atoms with Crippen molar-refractivity contribution in [2.24, 2.45) is 0 Å². The second-order valence-corrected chi connectivity index (χ2v) is 5.21. The first-order valence-corrected chi connectivity index (χ1v) is 6.57. The quantitative estimate of drug-likeness (QED) is 0.816. The Morgan fingerprint density at radius 3 is 2.53 bits per heavy atom. The summed E-state index contributed by atoms with van der Waals surface area (Å²) >= 11 is 0. The first kappa shape index (κ1) is 12.6. The molecule has 17 heavy (non-hydrogen) atoms. The van der Waals surface area contributed by atoms with Crippen LogP contribution in [0.25, 0.3) is 0 Å². The van der Waals surface area contributed by atoms with E-state index in [1.165, 1.54) is 24.8 Å². The zero-order valence-corrected chi connectivity index (χ0v) is 10.9. The molecule has 1 unspecified atom stereocenters. The molecule has 1 fully saturated rings. The molecule has 0 spiro atoms. The number of methoxy groups -OCH3 is 1. The summed E-state index contributed by atoms with van der Waals surface area (Å²) in [5.41, 5.74) is 1.53. The minimum atomic E-state index is 0.130. The Hall–Kier alpha value is -0.860. The van der Waals surface area contributed by atoms with Crippen molar-refractivity contribution in [1.29, 1.82) is 0 Å². The van der Waals surface area contributed by atoms with E-state index in [2.05, 4.69) is 42.6 Å². The van der Waals surface area contributed by atoms with Crippen molar-refractivity contribution in [3.63, 3.8) is 0 Å². The molecule has 2 nitrogen and oxygen atoms in total. The van der Waals surface area contributed by atoms with Crippen LogP contribution >= 0.6 is 0 Å². The maximum Gasteiger partial charge on any atom is 0.0802 e. The Kier molecular flexibility index (Phi) is 4.19. The highest BCUT2D eigenvalue weighted by atomic mass is 16.5. The van der Waals surface area contributed by atoms with Gasteiger partial charge in [-0.25, -0.2) is 0 Å². The van der Waals surface area contributed by atoms with Gasteiger partial charge in [-0.2, -0.15) is 0 Å². The molecule has 0 aliphatic heterocycles. The Bertz CT molecular complexity index is 327. The van der Waals surface area contributed by atoms with Crippen LogP contribution in [0, 0.1) is 0 Å². The third kappa shape index (κ3) is 3.30. The third-order valence-electron chi connectivity index (χ3n) is 3.86. The number of benzene rings is 1. The average molecular weight is 233 g/mol. The molecule has 0 saturated heterocycles. The monoisotopic (exact) mass is 233 g/mol. The van der Waals surface area contributed by atoms with Crippen molar-refractivity contribution in [1.82, 2.24) is 5.32 Å². The van der Waals surface area contributed by atoms with Crippen LogP contribution in [-0.4, -0.2) is 25.3 Å². The first-order chi connectivity index (χ1) is 8.24. The van der Waals surface area contributed by atoms with Crippen LogP contribution in [0.2, 0.25) is 0 Å². The lowest BCUT2D eigenvalue weighted by Gasteiger charge is -2.41. The van der Waals surface area contributed by atoms with E-state index >= 15 is 0 Å². The normalized spacial score (nSPS) is 19.6. The fraction of sp³-hybridized carbons (Fsp3) is 0.600. The van der Waals surface area contributed by atoms with Crippen LogP contribution in [0.1, 0.15) is 31.7 Å². The van der Waals surface area contributed by atoms with Gasteiger partial charge in [-0.1, -0.05) is 30.3 Å². The van der Waals surface area contributed by atoms with Gasteiger partial charge in [-0.3, -0.25) is 0 Å². The molecule has 94 valence electrons. The van der Waals surface area contributed by atoms with Gasteiger partial charge in [0.15, 0.2) is 0 Å². The molecule has 1 saturated carbocycles. The van der Waals surface area contributed by atoms with E-state index in [1.54, 1.807) is 0 Å². The topological polar surface area (TPSA) is 21.3 Å². The lowest BCUT2D eigenvalue weighted by Crippen LogP contribution is -2.50. The standard InChI is InChI=1S/C15H23NO/c1-13(11-14-7-4-3-5-8-14)16-12-15(17-2)9-6-10-15/h3-5,7-8,13,16H,6,9-12H2,1-2H3. The van der Waals surface area contributed by atoms with Gasteiger partial charge in [-0.05, 0) is 38.2 Å². The summed E-state index contributed by atoms with van der Waals surface area (Å²) in [6.07, 6.45) is 4.80. The summed E-state index contributed by atoms with van der Waals surface area (Å²) in [7, 11) is 1.84. The van der Waals surface area contributed by atoms with E-state index < -0.39 is 0 Å². The third-order valence-corrected chi connectivity index (χ3v) is 3.86. The predicted molar refractivity (Wildman–Crippen MR) is 71.2 cm³/mol.